The first-order chi connectivity index (χ1) is 11.5. The molecular formula is C20H20N2O2. The van der Waals surface area contributed by atoms with Crippen molar-refractivity contribution in [2.24, 2.45) is 0 Å². The summed E-state index contributed by atoms with van der Waals surface area (Å²) in [4.78, 5) is 12.8. The molecule has 4 heteroatoms. The van der Waals surface area contributed by atoms with Crippen molar-refractivity contribution in [3.05, 3.63) is 65.2 Å². The topological polar surface area (TPSA) is 62.1 Å². The van der Waals surface area contributed by atoms with Crippen molar-refractivity contribution in [2.45, 2.75) is 31.9 Å². The number of rotatable bonds is 4. The third-order valence-corrected chi connectivity index (χ3v) is 4.28. The fraction of sp³-hybridized carbons (Fsp3) is 0.300. The standard InChI is InChI=1S/C20H20N2O2/c1-20(2)19(23)18(22-11-10-14-6-4-3-5-7-14)16-12-15(13-21)8-9-17(16)24-20/h3-9,12,18,22H,10-11H2,1-2H3. The molecule has 0 radical (unpaired) electrons. The summed E-state index contributed by atoms with van der Waals surface area (Å²) < 4.78 is 5.83. The summed E-state index contributed by atoms with van der Waals surface area (Å²) in [5, 5.41) is 12.5. The third-order valence-electron chi connectivity index (χ3n) is 4.28. The molecular weight excluding hydrogens is 300 g/mol. The van der Waals surface area contributed by atoms with E-state index in [9.17, 15) is 4.79 Å². The smallest absolute Gasteiger partial charge is 0.197 e. The number of carbonyl (C=O) groups excluding carboxylic acids is 1. The quantitative estimate of drug-likeness (QED) is 0.940. The highest BCUT2D eigenvalue weighted by Crippen LogP contribution is 2.37. The van der Waals surface area contributed by atoms with E-state index in [4.69, 9.17) is 10.00 Å². The molecule has 1 unspecified atom stereocenters. The Balaban J connectivity index is 1.82. The number of ether oxygens (including phenoxy) is 1. The second-order valence-corrected chi connectivity index (χ2v) is 6.46. The highest BCUT2D eigenvalue weighted by Gasteiger charge is 2.42. The molecule has 3 rings (SSSR count). The van der Waals surface area contributed by atoms with Crippen LogP contribution in [0.3, 0.4) is 0 Å². The van der Waals surface area contributed by atoms with Crippen LogP contribution < -0.4 is 10.1 Å². The maximum atomic E-state index is 12.8. The van der Waals surface area contributed by atoms with Gasteiger partial charge < -0.3 is 10.1 Å². The summed E-state index contributed by atoms with van der Waals surface area (Å²) in [6.07, 6.45) is 0.833. The van der Waals surface area contributed by atoms with Gasteiger partial charge in [0.2, 0.25) is 0 Å². The monoisotopic (exact) mass is 320 g/mol. The molecule has 0 bridgehead atoms. The molecule has 1 atom stereocenters. The molecule has 0 saturated carbocycles. The van der Waals surface area contributed by atoms with Crippen molar-refractivity contribution in [3.63, 3.8) is 0 Å². The molecule has 0 spiro atoms. The number of carbonyl (C=O) groups is 1. The molecule has 1 heterocycles. The van der Waals surface area contributed by atoms with E-state index in [1.807, 2.05) is 18.2 Å². The van der Waals surface area contributed by atoms with Crippen molar-refractivity contribution in [1.29, 1.82) is 5.26 Å². The van der Waals surface area contributed by atoms with Gasteiger partial charge in [0.25, 0.3) is 0 Å². The van der Waals surface area contributed by atoms with Crippen LogP contribution in [0, 0.1) is 11.3 Å². The zero-order valence-corrected chi connectivity index (χ0v) is 13.9. The molecule has 1 N–H and O–H groups in total. The number of fused-ring (bicyclic) bond motifs is 1. The third kappa shape index (κ3) is 3.17. The number of benzene rings is 2. The van der Waals surface area contributed by atoms with E-state index >= 15 is 0 Å². The van der Waals surface area contributed by atoms with Gasteiger partial charge in [0.1, 0.15) is 5.75 Å². The minimum Gasteiger partial charge on any atom is -0.480 e. The number of ketones is 1. The lowest BCUT2D eigenvalue weighted by Gasteiger charge is -2.36. The lowest BCUT2D eigenvalue weighted by Crippen LogP contribution is -2.49. The molecule has 0 amide bonds. The van der Waals surface area contributed by atoms with Gasteiger partial charge in [0.05, 0.1) is 17.7 Å². The molecule has 0 fully saturated rings. The maximum Gasteiger partial charge on any atom is 0.197 e. The molecule has 1 aliphatic heterocycles. The fourth-order valence-corrected chi connectivity index (χ4v) is 2.96. The minimum absolute atomic E-state index is 0.0156. The van der Waals surface area contributed by atoms with Crippen molar-refractivity contribution in [1.82, 2.24) is 5.32 Å². The van der Waals surface area contributed by atoms with Crippen molar-refractivity contribution in [3.8, 4) is 11.8 Å². The molecule has 0 saturated heterocycles. The number of hydrogen-bond donors (Lipinski definition) is 1. The largest absolute Gasteiger partial charge is 0.480 e. The second kappa shape index (κ2) is 6.46. The van der Waals surface area contributed by atoms with Gasteiger partial charge in [-0.15, -0.1) is 0 Å². The summed E-state index contributed by atoms with van der Waals surface area (Å²) >= 11 is 0. The summed E-state index contributed by atoms with van der Waals surface area (Å²) in [5.74, 6) is 0.647. The van der Waals surface area contributed by atoms with Gasteiger partial charge in [0, 0.05) is 12.1 Å². The van der Waals surface area contributed by atoms with E-state index in [0.29, 0.717) is 17.9 Å². The van der Waals surface area contributed by atoms with Crippen LogP contribution in [0.1, 0.15) is 36.6 Å². The van der Waals surface area contributed by atoms with Gasteiger partial charge in [-0.05, 0) is 44.0 Å². The Kier molecular flexibility index (Phi) is 4.37. The second-order valence-electron chi connectivity index (χ2n) is 6.46. The van der Waals surface area contributed by atoms with Crippen molar-refractivity contribution >= 4 is 5.78 Å². The Morgan fingerprint density at radius 2 is 1.96 bits per heavy atom. The van der Waals surface area contributed by atoms with Crippen molar-refractivity contribution in [2.75, 3.05) is 6.54 Å². The zero-order valence-electron chi connectivity index (χ0n) is 13.9. The lowest BCUT2D eigenvalue weighted by atomic mass is 9.87. The van der Waals surface area contributed by atoms with E-state index in [-0.39, 0.29) is 5.78 Å². The van der Waals surface area contributed by atoms with E-state index < -0.39 is 11.6 Å². The van der Waals surface area contributed by atoms with Crippen LogP contribution in [0.5, 0.6) is 5.75 Å². The molecule has 122 valence electrons. The summed E-state index contributed by atoms with van der Waals surface area (Å²) in [5.41, 5.74) is 1.60. The molecule has 0 aliphatic carbocycles. The van der Waals surface area contributed by atoms with Gasteiger partial charge in [0.15, 0.2) is 11.4 Å². The van der Waals surface area contributed by atoms with Gasteiger partial charge in [-0.25, -0.2) is 0 Å². The Morgan fingerprint density at radius 3 is 2.67 bits per heavy atom. The normalized spacial score (nSPS) is 18.4. The number of Topliss-reactive ketones (excluding diaryl/α,β-unsaturated/α-hetero) is 1. The Bertz CT molecular complexity index is 791. The first-order valence-corrected chi connectivity index (χ1v) is 8.06. The SMILES string of the molecule is CC1(C)Oc2ccc(C#N)cc2C(NCCc2ccccc2)C1=O. The Morgan fingerprint density at radius 1 is 1.21 bits per heavy atom. The predicted octanol–water partition coefficient (Wildman–Crippen LogP) is 3.17. The van der Waals surface area contributed by atoms with Gasteiger partial charge >= 0.3 is 0 Å². The number of nitrogens with one attached hydrogen (secondary N) is 1. The molecule has 4 nitrogen and oxygen atoms in total. The lowest BCUT2D eigenvalue weighted by molar-refractivity contribution is -0.136. The average Bonchev–Trinajstić information content (AvgIpc) is 2.58. The van der Waals surface area contributed by atoms with Gasteiger partial charge in [-0.3, -0.25) is 4.79 Å². The van der Waals surface area contributed by atoms with E-state index in [2.05, 4.69) is 23.5 Å². The molecule has 2 aromatic carbocycles. The van der Waals surface area contributed by atoms with Crippen LogP contribution in [0.15, 0.2) is 48.5 Å². The van der Waals surface area contributed by atoms with Crippen molar-refractivity contribution < 1.29 is 9.53 Å². The van der Waals surface area contributed by atoms with Crippen LogP contribution in [0.4, 0.5) is 0 Å². The molecule has 0 aromatic heterocycles. The fourth-order valence-electron chi connectivity index (χ4n) is 2.96. The van der Waals surface area contributed by atoms with Gasteiger partial charge in [-0.1, -0.05) is 30.3 Å². The van der Waals surface area contributed by atoms with Gasteiger partial charge in [-0.2, -0.15) is 5.26 Å². The maximum absolute atomic E-state index is 12.8. The zero-order chi connectivity index (χ0) is 17.2. The van der Waals surface area contributed by atoms with Crippen LogP contribution in [0.25, 0.3) is 0 Å². The molecule has 24 heavy (non-hydrogen) atoms. The first-order valence-electron chi connectivity index (χ1n) is 8.06. The van der Waals surface area contributed by atoms with Crippen LogP contribution in [-0.4, -0.2) is 17.9 Å². The molecule has 1 aliphatic rings. The Hall–Kier alpha value is -2.64. The van der Waals surface area contributed by atoms with Crippen LogP contribution >= 0.6 is 0 Å². The first kappa shape index (κ1) is 16.2. The Labute approximate surface area is 142 Å². The number of nitriles is 1. The highest BCUT2D eigenvalue weighted by molar-refractivity contribution is 5.94. The van der Waals surface area contributed by atoms with E-state index in [1.165, 1.54) is 5.56 Å². The summed E-state index contributed by atoms with van der Waals surface area (Å²) in [7, 11) is 0. The van der Waals surface area contributed by atoms with Crippen LogP contribution in [-0.2, 0) is 11.2 Å². The van der Waals surface area contributed by atoms with E-state index in [0.717, 1.165) is 12.0 Å². The van der Waals surface area contributed by atoms with Crippen LogP contribution in [0.2, 0.25) is 0 Å². The summed E-state index contributed by atoms with van der Waals surface area (Å²) in [6.45, 7) is 4.23. The molecule has 2 aromatic rings. The predicted molar refractivity (Wildman–Crippen MR) is 91.8 cm³/mol. The van der Waals surface area contributed by atoms with E-state index in [1.54, 1.807) is 32.0 Å². The number of nitrogens with zero attached hydrogens (tertiary/aromatic N) is 1. The number of hydrogen-bond acceptors (Lipinski definition) is 4. The minimum atomic E-state index is -0.883. The average molecular weight is 320 g/mol. The summed E-state index contributed by atoms with van der Waals surface area (Å²) in [6, 6.07) is 17.0. The highest BCUT2D eigenvalue weighted by atomic mass is 16.5.